The maximum atomic E-state index is 12.7. The number of amides is 1. The number of fused-ring (bicyclic) bond motifs is 1. The highest BCUT2D eigenvalue weighted by Gasteiger charge is 2.17. The Kier molecular flexibility index (Phi) is 4.22. The first-order chi connectivity index (χ1) is 14.3. The van der Waals surface area contributed by atoms with Crippen LogP contribution in [-0.4, -0.2) is 40.8 Å². The van der Waals surface area contributed by atoms with Gasteiger partial charge in [0.05, 0.1) is 35.5 Å². The van der Waals surface area contributed by atoms with Gasteiger partial charge in [0, 0.05) is 23.2 Å². The van der Waals surface area contributed by atoms with Crippen molar-refractivity contribution in [1.29, 1.82) is 0 Å². The molecule has 140 valence electrons. The molecule has 0 spiro atoms. The van der Waals surface area contributed by atoms with Gasteiger partial charge in [-0.05, 0) is 24.3 Å². The molecule has 10 heteroatoms. The van der Waals surface area contributed by atoms with Gasteiger partial charge in [-0.25, -0.2) is 14.6 Å². The van der Waals surface area contributed by atoms with E-state index in [1.807, 2.05) is 23.6 Å². The lowest BCUT2D eigenvalue weighted by Crippen LogP contribution is -2.17. The molecule has 9 nitrogen and oxygen atoms in total. The monoisotopic (exact) mass is 400 g/mol. The second-order valence-electron chi connectivity index (χ2n) is 6.00. The molecular formula is C19H12N8OS. The number of pyridine rings is 3. The van der Waals surface area contributed by atoms with Gasteiger partial charge in [-0.15, -0.1) is 16.4 Å². The maximum Gasteiger partial charge on any atom is 0.277 e. The Morgan fingerprint density at radius 3 is 2.79 bits per heavy atom. The lowest BCUT2D eigenvalue weighted by Gasteiger charge is -2.05. The molecule has 29 heavy (non-hydrogen) atoms. The lowest BCUT2D eigenvalue weighted by molar-refractivity contribution is 0.101. The maximum absolute atomic E-state index is 12.7. The summed E-state index contributed by atoms with van der Waals surface area (Å²) >= 11 is 1.32. The van der Waals surface area contributed by atoms with E-state index in [1.165, 1.54) is 22.2 Å². The first-order valence-electron chi connectivity index (χ1n) is 8.57. The molecule has 0 saturated heterocycles. The number of anilines is 1. The van der Waals surface area contributed by atoms with Crippen LogP contribution in [0.15, 0.2) is 66.7 Å². The Labute approximate surface area is 168 Å². The van der Waals surface area contributed by atoms with E-state index in [1.54, 1.807) is 36.9 Å². The van der Waals surface area contributed by atoms with Crippen molar-refractivity contribution in [2.75, 3.05) is 5.32 Å². The molecule has 5 aromatic rings. The van der Waals surface area contributed by atoms with Crippen LogP contribution >= 0.6 is 11.3 Å². The summed E-state index contributed by atoms with van der Waals surface area (Å²) in [6, 6.07) is 9.32. The van der Waals surface area contributed by atoms with Gasteiger partial charge in [0.15, 0.2) is 10.8 Å². The van der Waals surface area contributed by atoms with Crippen LogP contribution in [0.3, 0.4) is 0 Å². The van der Waals surface area contributed by atoms with E-state index in [2.05, 4.69) is 35.6 Å². The normalized spacial score (nSPS) is 10.9. The van der Waals surface area contributed by atoms with Crippen LogP contribution in [0.25, 0.3) is 28.0 Å². The van der Waals surface area contributed by atoms with Gasteiger partial charge in [-0.1, -0.05) is 11.3 Å². The summed E-state index contributed by atoms with van der Waals surface area (Å²) in [7, 11) is 0. The number of thiazole rings is 1. The summed E-state index contributed by atoms with van der Waals surface area (Å²) in [4.78, 5) is 29.9. The fourth-order valence-electron chi connectivity index (χ4n) is 2.78. The molecule has 5 heterocycles. The zero-order valence-electron chi connectivity index (χ0n) is 14.8. The molecule has 0 atom stereocenters. The standard InChI is InChI=1S/C19H12N8OS/c28-18(17-10-22-26-27(17)13-2-1-6-20-8-13)25-19-24-16(11-29-19)14-4-3-12-5-7-21-9-15(12)23-14/h1-11H,(H,24,25,28). The molecule has 0 aliphatic rings. The smallest absolute Gasteiger partial charge is 0.277 e. The summed E-state index contributed by atoms with van der Waals surface area (Å²) in [6.45, 7) is 0. The summed E-state index contributed by atoms with van der Waals surface area (Å²) < 4.78 is 1.43. The third-order valence-corrected chi connectivity index (χ3v) is 4.91. The third kappa shape index (κ3) is 3.32. The van der Waals surface area contributed by atoms with Gasteiger partial charge < -0.3 is 0 Å². The molecular weight excluding hydrogens is 388 g/mol. The van der Waals surface area contributed by atoms with Crippen molar-refractivity contribution in [3.05, 3.63) is 72.4 Å². The molecule has 0 aromatic carbocycles. The number of carbonyl (C=O) groups is 1. The molecule has 0 saturated carbocycles. The minimum absolute atomic E-state index is 0.282. The van der Waals surface area contributed by atoms with Gasteiger partial charge in [-0.3, -0.25) is 20.1 Å². The molecule has 0 fully saturated rings. The minimum atomic E-state index is -0.365. The summed E-state index contributed by atoms with van der Waals surface area (Å²) in [5.41, 5.74) is 3.10. The molecule has 0 radical (unpaired) electrons. The first-order valence-corrected chi connectivity index (χ1v) is 9.45. The molecule has 5 aromatic heterocycles. The number of rotatable bonds is 4. The Morgan fingerprint density at radius 1 is 0.966 bits per heavy atom. The molecule has 0 unspecified atom stereocenters. The molecule has 0 bridgehead atoms. The topological polar surface area (TPSA) is 111 Å². The van der Waals surface area contributed by atoms with Crippen LogP contribution in [-0.2, 0) is 0 Å². The average molecular weight is 400 g/mol. The molecule has 0 aliphatic heterocycles. The van der Waals surface area contributed by atoms with Crippen molar-refractivity contribution in [3.8, 4) is 17.1 Å². The van der Waals surface area contributed by atoms with Gasteiger partial charge in [0.1, 0.15) is 5.69 Å². The van der Waals surface area contributed by atoms with Crippen molar-refractivity contribution in [3.63, 3.8) is 0 Å². The second kappa shape index (κ2) is 7.17. The SMILES string of the molecule is O=C(Nc1nc(-c2ccc3ccncc3n2)cs1)c1cnnn1-c1cccnc1. The average Bonchev–Trinajstić information content (AvgIpc) is 3.44. The van der Waals surface area contributed by atoms with Crippen molar-refractivity contribution >= 4 is 33.3 Å². The Hall–Kier alpha value is -4.05. The highest BCUT2D eigenvalue weighted by Crippen LogP contribution is 2.25. The third-order valence-electron chi connectivity index (χ3n) is 4.15. The van der Waals surface area contributed by atoms with Crippen molar-refractivity contribution in [1.82, 2.24) is 34.9 Å². The zero-order valence-corrected chi connectivity index (χ0v) is 15.6. The Morgan fingerprint density at radius 2 is 1.90 bits per heavy atom. The van der Waals surface area contributed by atoms with E-state index in [4.69, 9.17) is 0 Å². The number of nitrogens with zero attached hydrogens (tertiary/aromatic N) is 7. The van der Waals surface area contributed by atoms with Crippen molar-refractivity contribution < 1.29 is 4.79 Å². The van der Waals surface area contributed by atoms with Gasteiger partial charge in [0.25, 0.3) is 5.91 Å². The van der Waals surface area contributed by atoms with Crippen LogP contribution in [0.5, 0.6) is 0 Å². The van der Waals surface area contributed by atoms with E-state index < -0.39 is 0 Å². The fraction of sp³-hybridized carbons (Fsp3) is 0. The Balaban J connectivity index is 1.39. The van der Waals surface area contributed by atoms with Crippen molar-refractivity contribution in [2.24, 2.45) is 0 Å². The lowest BCUT2D eigenvalue weighted by atomic mass is 10.2. The number of aromatic nitrogens is 7. The number of nitrogens with one attached hydrogen (secondary N) is 1. The van der Waals surface area contributed by atoms with Crippen LogP contribution in [0, 0.1) is 0 Å². The highest BCUT2D eigenvalue weighted by molar-refractivity contribution is 7.14. The summed E-state index contributed by atoms with van der Waals surface area (Å²) in [5.74, 6) is -0.365. The highest BCUT2D eigenvalue weighted by atomic mass is 32.1. The van der Waals surface area contributed by atoms with Gasteiger partial charge >= 0.3 is 0 Å². The number of hydrogen-bond acceptors (Lipinski definition) is 8. The van der Waals surface area contributed by atoms with Gasteiger partial charge in [-0.2, -0.15) is 0 Å². The number of hydrogen-bond donors (Lipinski definition) is 1. The quantitative estimate of drug-likeness (QED) is 0.493. The predicted molar refractivity (Wildman–Crippen MR) is 108 cm³/mol. The molecule has 5 rings (SSSR count). The fourth-order valence-corrected chi connectivity index (χ4v) is 3.48. The van der Waals surface area contributed by atoms with Crippen LogP contribution in [0.1, 0.15) is 10.5 Å². The minimum Gasteiger partial charge on any atom is -0.296 e. The van der Waals surface area contributed by atoms with E-state index >= 15 is 0 Å². The molecule has 0 aliphatic carbocycles. The van der Waals surface area contributed by atoms with Gasteiger partial charge in [0.2, 0.25) is 0 Å². The predicted octanol–water partition coefficient (Wildman–Crippen LogP) is 2.98. The molecule has 1 N–H and O–H groups in total. The number of carbonyl (C=O) groups excluding carboxylic acids is 1. The van der Waals surface area contributed by atoms with Crippen LogP contribution in [0.2, 0.25) is 0 Å². The summed E-state index contributed by atoms with van der Waals surface area (Å²) in [6.07, 6.45) is 8.09. The van der Waals surface area contributed by atoms with E-state index in [0.29, 0.717) is 22.2 Å². The van der Waals surface area contributed by atoms with E-state index in [-0.39, 0.29) is 11.6 Å². The first kappa shape index (κ1) is 17.1. The van der Waals surface area contributed by atoms with Crippen molar-refractivity contribution in [2.45, 2.75) is 0 Å². The zero-order chi connectivity index (χ0) is 19.6. The van der Waals surface area contributed by atoms with Crippen LogP contribution in [0.4, 0.5) is 5.13 Å². The second-order valence-corrected chi connectivity index (χ2v) is 6.86. The Bertz CT molecular complexity index is 1310. The van der Waals surface area contributed by atoms with E-state index in [0.717, 1.165) is 10.9 Å². The largest absolute Gasteiger partial charge is 0.296 e. The summed E-state index contributed by atoms with van der Waals surface area (Å²) in [5, 5.41) is 13.9. The van der Waals surface area contributed by atoms with E-state index in [9.17, 15) is 4.79 Å². The van der Waals surface area contributed by atoms with Crippen LogP contribution < -0.4 is 5.32 Å². The molecule has 1 amide bonds.